The van der Waals surface area contributed by atoms with Gasteiger partial charge < -0.3 is 11.1 Å². The first-order chi connectivity index (χ1) is 9.69. The number of nitrogens with one attached hydrogen (secondary N) is 2. The molecule has 1 heterocycles. The van der Waals surface area contributed by atoms with Crippen molar-refractivity contribution >= 4 is 11.6 Å². The number of aromatic amines is 1. The number of rotatable bonds is 5. The molecule has 0 radical (unpaired) electrons. The molecule has 1 aromatic heterocycles. The summed E-state index contributed by atoms with van der Waals surface area (Å²) in [5.41, 5.74) is 7.72. The summed E-state index contributed by atoms with van der Waals surface area (Å²) in [4.78, 5) is 12.2. The number of aromatic nitrogens is 2. The first-order valence-electron chi connectivity index (χ1n) is 7.80. The maximum absolute atomic E-state index is 12.2. The van der Waals surface area contributed by atoms with Crippen LogP contribution in [-0.2, 0) is 6.42 Å². The van der Waals surface area contributed by atoms with Crippen LogP contribution >= 0.6 is 0 Å². The molecule has 1 aromatic rings. The van der Waals surface area contributed by atoms with Gasteiger partial charge in [0.05, 0.1) is 11.4 Å². The number of nitrogens with two attached hydrogens (primary N) is 1. The summed E-state index contributed by atoms with van der Waals surface area (Å²) < 4.78 is 0. The van der Waals surface area contributed by atoms with Gasteiger partial charge in [-0.3, -0.25) is 9.89 Å². The topological polar surface area (TPSA) is 83.8 Å². The zero-order valence-corrected chi connectivity index (χ0v) is 12.1. The maximum atomic E-state index is 12.2. The van der Waals surface area contributed by atoms with Crippen LogP contribution in [0.2, 0.25) is 0 Å². The number of amides is 1. The molecule has 3 rings (SSSR count). The van der Waals surface area contributed by atoms with Crippen LogP contribution in [0.4, 0.5) is 5.69 Å². The number of nitrogens with zero attached hydrogens (tertiary/aromatic N) is 1. The lowest BCUT2D eigenvalue weighted by atomic mass is 9.89. The molecule has 4 N–H and O–H groups in total. The van der Waals surface area contributed by atoms with Crippen molar-refractivity contribution in [3.8, 4) is 0 Å². The maximum Gasteiger partial charge on any atom is 0.273 e. The number of aryl methyl sites for hydroxylation is 1. The minimum atomic E-state index is -0.135. The number of anilines is 1. The molecular weight excluding hydrogens is 252 g/mol. The van der Waals surface area contributed by atoms with E-state index in [9.17, 15) is 4.79 Å². The van der Waals surface area contributed by atoms with Crippen LogP contribution in [0.1, 0.15) is 55.2 Å². The van der Waals surface area contributed by atoms with Crippen LogP contribution in [0.15, 0.2) is 0 Å². The number of hydrogen-bond donors (Lipinski definition) is 3. The summed E-state index contributed by atoms with van der Waals surface area (Å²) in [6.45, 7) is 2.85. The van der Waals surface area contributed by atoms with E-state index in [2.05, 4.69) is 22.4 Å². The van der Waals surface area contributed by atoms with Gasteiger partial charge in [0, 0.05) is 6.54 Å². The van der Waals surface area contributed by atoms with Gasteiger partial charge in [-0.2, -0.15) is 5.10 Å². The van der Waals surface area contributed by atoms with Crippen LogP contribution < -0.4 is 11.1 Å². The lowest BCUT2D eigenvalue weighted by Crippen LogP contribution is -2.32. The molecule has 0 spiro atoms. The van der Waals surface area contributed by atoms with Gasteiger partial charge in [0.1, 0.15) is 0 Å². The van der Waals surface area contributed by atoms with Crippen LogP contribution in [0.5, 0.6) is 0 Å². The van der Waals surface area contributed by atoms with Crippen molar-refractivity contribution < 1.29 is 4.79 Å². The van der Waals surface area contributed by atoms with E-state index < -0.39 is 0 Å². The summed E-state index contributed by atoms with van der Waals surface area (Å²) >= 11 is 0. The molecule has 1 amide bonds. The summed E-state index contributed by atoms with van der Waals surface area (Å²) in [5, 5.41) is 9.96. The second kappa shape index (κ2) is 5.46. The van der Waals surface area contributed by atoms with Crippen molar-refractivity contribution in [1.82, 2.24) is 15.5 Å². The molecule has 20 heavy (non-hydrogen) atoms. The van der Waals surface area contributed by atoms with E-state index in [1.54, 1.807) is 0 Å². The van der Waals surface area contributed by atoms with Crippen molar-refractivity contribution in [3.63, 3.8) is 0 Å². The largest absolute Gasteiger partial charge is 0.395 e. The fourth-order valence-electron chi connectivity index (χ4n) is 3.93. The van der Waals surface area contributed by atoms with E-state index in [1.165, 1.54) is 25.7 Å². The van der Waals surface area contributed by atoms with Crippen LogP contribution in [0.25, 0.3) is 0 Å². The Bertz CT molecular complexity index is 496. The zero-order valence-electron chi connectivity index (χ0n) is 12.1. The van der Waals surface area contributed by atoms with Crippen molar-refractivity contribution in [2.75, 3.05) is 12.3 Å². The van der Waals surface area contributed by atoms with Crippen LogP contribution in [-0.4, -0.2) is 22.6 Å². The van der Waals surface area contributed by atoms with Gasteiger partial charge in [-0.1, -0.05) is 19.8 Å². The van der Waals surface area contributed by atoms with E-state index in [1.807, 2.05) is 0 Å². The van der Waals surface area contributed by atoms with Crippen molar-refractivity contribution in [3.05, 3.63) is 11.4 Å². The number of carbonyl (C=O) groups excluding carboxylic acids is 1. The molecule has 2 aliphatic carbocycles. The number of nitrogen functional groups attached to an aromatic ring is 1. The highest BCUT2D eigenvalue weighted by atomic mass is 16.1. The van der Waals surface area contributed by atoms with Crippen molar-refractivity contribution in [1.29, 1.82) is 0 Å². The summed E-state index contributed by atoms with van der Waals surface area (Å²) in [6, 6.07) is 0. The smallest absolute Gasteiger partial charge is 0.273 e. The van der Waals surface area contributed by atoms with Gasteiger partial charge in [-0.15, -0.1) is 0 Å². The highest BCUT2D eigenvalue weighted by Crippen LogP contribution is 2.47. The number of hydrogen-bond acceptors (Lipinski definition) is 3. The average Bonchev–Trinajstić information content (AvgIpc) is 3.13. The summed E-state index contributed by atoms with van der Waals surface area (Å²) in [6.07, 6.45) is 7.20. The molecule has 0 aliphatic heterocycles. The lowest BCUT2D eigenvalue weighted by Gasteiger charge is -2.21. The SMILES string of the molecule is CCCc1[nH]nc(C(=O)NCC2CC3CCC2C3)c1N. The normalized spacial score (nSPS) is 27.9. The molecule has 110 valence electrons. The van der Waals surface area contributed by atoms with E-state index in [0.29, 0.717) is 17.3 Å². The third-order valence-electron chi connectivity index (χ3n) is 5.01. The third kappa shape index (κ3) is 2.41. The zero-order chi connectivity index (χ0) is 14.1. The Hall–Kier alpha value is -1.52. The Morgan fingerprint density at radius 1 is 1.45 bits per heavy atom. The summed E-state index contributed by atoms with van der Waals surface area (Å²) in [5.74, 6) is 2.26. The highest BCUT2D eigenvalue weighted by molar-refractivity contribution is 5.97. The van der Waals surface area contributed by atoms with Gasteiger partial charge in [-0.05, 0) is 43.4 Å². The Kier molecular flexibility index (Phi) is 3.68. The van der Waals surface area contributed by atoms with Gasteiger partial charge in [0.2, 0.25) is 0 Å². The highest BCUT2D eigenvalue weighted by Gasteiger charge is 2.39. The predicted molar refractivity (Wildman–Crippen MR) is 78.3 cm³/mol. The Balaban J connectivity index is 1.56. The van der Waals surface area contributed by atoms with Gasteiger partial charge >= 0.3 is 0 Å². The first-order valence-corrected chi connectivity index (χ1v) is 7.80. The Morgan fingerprint density at radius 2 is 2.30 bits per heavy atom. The first kappa shape index (κ1) is 13.5. The predicted octanol–water partition coefficient (Wildman–Crippen LogP) is 2.11. The third-order valence-corrected chi connectivity index (χ3v) is 5.01. The molecule has 2 aliphatic rings. The van der Waals surface area contributed by atoms with Crippen molar-refractivity contribution in [2.45, 2.75) is 45.4 Å². The quantitative estimate of drug-likeness (QED) is 0.770. The van der Waals surface area contributed by atoms with Crippen molar-refractivity contribution in [2.24, 2.45) is 17.8 Å². The molecular formula is C15H24N4O. The fraction of sp³-hybridized carbons (Fsp3) is 0.733. The molecule has 5 heteroatoms. The minimum Gasteiger partial charge on any atom is -0.395 e. The average molecular weight is 276 g/mol. The fourth-order valence-corrected chi connectivity index (χ4v) is 3.93. The monoisotopic (exact) mass is 276 g/mol. The van der Waals surface area contributed by atoms with Crippen LogP contribution in [0, 0.1) is 17.8 Å². The minimum absolute atomic E-state index is 0.135. The second-order valence-corrected chi connectivity index (χ2v) is 6.36. The van der Waals surface area contributed by atoms with Gasteiger partial charge in [0.25, 0.3) is 5.91 Å². The Morgan fingerprint density at radius 3 is 2.95 bits per heavy atom. The molecule has 2 saturated carbocycles. The van der Waals surface area contributed by atoms with E-state index in [-0.39, 0.29) is 5.91 Å². The molecule has 0 aromatic carbocycles. The van der Waals surface area contributed by atoms with Gasteiger partial charge in [-0.25, -0.2) is 0 Å². The number of fused-ring (bicyclic) bond motifs is 2. The molecule has 5 nitrogen and oxygen atoms in total. The second-order valence-electron chi connectivity index (χ2n) is 6.36. The molecule has 3 unspecified atom stereocenters. The Labute approximate surface area is 119 Å². The number of carbonyl (C=O) groups is 1. The number of H-pyrrole nitrogens is 1. The molecule has 3 atom stereocenters. The summed E-state index contributed by atoms with van der Waals surface area (Å²) in [7, 11) is 0. The van der Waals surface area contributed by atoms with Gasteiger partial charge in [0.15, 0.2) is 5.69 Å². The van der Waals surface area contributed by atoms with E-state index in [4.69, 9.17) is 5.73 Å². The van der Waals surface area contributed by atoms with E-state index in [0.717, 1.165) is 36.9 Å². The molecule has 2 bridgehead atoms. The van der Waals surface area contributed by atoms with Crippen LogP contribution in [0.3, 0.4) is 0 Å². The van der Waals surface area contributed by atoms with E-state index >= 15 is 0 Å². The molecule has 2 fully saturated rings. The standard InChI is InChI=1S/C15H24N4O/c1-2-3-12-13(16)14(19-18-12)15(20)17-8-11-7-9-4-5-10(11)6-9/h9-11H,2-8,16H2,1H3,(H,17,20)(H,18,19). The molecule has 0 saturated heterocycles. The lowest BCUT2D eigenvalue weighted by molar-refractivity contribution is 0.0937.